The largest absolute Gasteiger partial charge is 0.475 e. The third kappa shape index (κ3) is 3.57. The highest BCUT2D eigenvalue weighted by molar-refractivity contribution is 5.40. The van der Waals surface area contributed by atoms with Gasteiger partial charge in [-0.3, -0.25) is 0 Å². The molecule has 0 radical (unpaired) electrons. The van der Waals surface area contributed by atoms with Crippen molar-refractivity contribution >= 4 is 5.82 Å². The van der Waals surface area contributed by atoms with Crippen LogP contribution in [0.5, 0.6) is 5.88 Å². The second-order valence-corrected chi connectivity index (χ2v) is 5.34. The Bertz CT molecular complexity index is 388. The van der Waals surface area contributed by atoms with Gasteiger partial charge in [0.1, 0.15) is 12.1 Å². The molecule has 1 fully saturated rings. The quantitative estimate of drug-likeness (QED) is 0.853. The number of piperidine rings is 1. The van der Waals surface area contributed by atoms with E-state index in [0.29, 0.717) is 5.88 Å². The minimum absolute atomic E-state index is 0.106. The van der Waals surface area contributed by atoms with Crippen molar-refractivity contribution in [3.8, 4) is 5.88 Å². The maximum Gasteiger partial charge on any atom is 0.218 e. The Morgan fingerprint density at radius 2 is 2.06 bits per heavy atom. The van der Waals surface area contributed by atoms with Crippen molar-refractivity contribution in [2.75, 3.05) is 18.4 Å². The molecule has 2 rings (SSSR count). The molecule has 0 aromatic carbocycles. The molecule has 0 atom stereocenters. The number of nitrogens with one attached hydrogen (secondary N) is 2. The van der Waals surface area contributed by atoms with Crippen LogP contribution < -0.4 is 15.4 Å². The van der Waals surface area contributed by atoms with Crippen molar-refractivity contribution in [2.24, 2.45) is 0 Å². The summed E-state index contributed by atoms with van der Waals surface area (Å²) < 4.78 is 5.57. The van der Waals surface area contributed by atoms with Gasteiger partial charge in [0.05, 0.1) is 6.10 Å². The normalized spacial score (nSPS) is 18.7. The van der Waals surface area contributed by atoms with E-state index < -0.39 is 0 Å². The van der Waals surface area contributed by atoms with Crippen LogP contribution in [0.25, 0.3) is 0 Å². The van der Waals surface area contributed by atoms with Gasteiger partial charge in [-0.1, -0.05) is 0 Å². The number of anilines is 1. The fourth-order valence-corrected chi connectivity index (χ4v) is 2.13. The Morgan fingerprint density at radius 1 is 1.33 bits per heavy atom. The van der Waals surface area contributed by atoms with Crippen molar-refractivity contribution in [2.45, 2.75) is 45.3 Å². The van der Waals surface area contributed by atoms with E-state index in [0.717, 1.165) is 31.7 Å². The molecule has 5 nitrogen and oxygen atoms in total. The van der Waals surface area contributed by atoms with E-state index in [-0.39, 0.29) is 11.6 Å². The first-order valence-electron chi connectivity index (χ1n) is 6.55. The molecular weight excluding hydrogens is 228 g/mol. The van der Waals surface area contributed by atoms with Crippen molar-refractivity contribution in [1.29, 1.82) is 0 Å². The van der Waals surface area contributed by atoms with Gasteiger partial charge in [-0.2, -0.15) is 0 Å². The Balaban J connectivity index is 2.04. The van der Waals surface area contributed by atoms with Crippen molar-refractivity contribution in [1.82, 2.24) is 15.3 Å². The minimum Gasteiger partial charge on any atom is -0.475 e. The first-order chi connectivity index (χ1) is 8.57. The van der Waals surface area contributed by atoms with Crippen molar-refractivity contribution in [3.63, 3.8) is 0 Å². The minimum atomic E-state index is 0.106. The molecule has 1 aliphatic rings. The zero-order chi connectivity index (χ0) is 13.0. The lowest BCUT2D eigenvalue weighted by atomic mass is 9.91. The summed E-state index contributed by atoms with van der Waals surface area (Å²) >= 11 is 0. The van der Waals surface area contributed by atoms with Crippen LogP contribution in [0.3, 0.4) is 0 Å². The maximum absolute atomic E-state index is 5.57. The first kappa shape index (κ1) is 13.1. The van der Waals surface area contributed by atoms with Gasteiger partial charge in [0, 0.05) is 11.6 Å². The second-order valence-electron chi connectivity index (χ2n) is 5.34. The van der Waals surface area contributed by atoms with Crippen LogP contribution in [0.15, 0.2) is 12.4 Å². The van der Waals surface area contributed by atoms with Gasteiger partial charge in [-0.15, -0.1) is 0 Å². The van der Waals surface area contributed by atoms with Gasteiger partial charge in [-0.25, -0.2) is 9.97 Å². The molecule has 1 aromatic rings. The Kier molecular flexibility index (Phi) is 4.01. The first-order valence-corrected chi connectivity index (χ1v) is 6.55. The van der Waals surface area contributed by atoms with Gasteiger partial charge in [0.2, 0.25) is 5.88 Å². The van der Waals surface area contributed by atoms with E-state index in [2.05, 4.69) is 27.5 Å². The number of hydrogen-bond donors (Lipinski definition) is 2. The van der Waals surface area contributed by atoms with E-state index in [4.69, 9.17) is 4.74 Å². The van der Waals surface area contributed by atoms with Crippen LogP contribution in [0.2, 0.25) is 0 Å². The van der Waals surface area contributed by atoms with Gasteiger partial charge in [0.25, 0.3) is 0 Å². The highest BCUT2D eigenvalue weighted by Gasteiger charge is 2.26. The molecule has 0 unspecified atom stereocenters. The number of nitrogens with zero attached hydrogens (tertiary/aromatic N) is 2. The van der Waals surface area contributed by atoms with Crippen LogP contribution >= 0.6 is 0 Å². The zero-order valence-electron chi connectivity index (χ0n) is 11.4. The third-order valence-electron chi connectivity index (χ3n) is 3.14. The Morgan fingerprint density at radius 3 is 2.72 bits per heavy atom. The van der Waals surface area contributed by atoms with E-state index in [1.54, 1.807) is 6.33 Å². The number of aromatic nitrogens is 2. The average Bonchev–Trinajstić information content (AvgIpc) is 2.28. The molecule has 0 bridgehead atoms. The lowest BCUT2D eigenvalue weighted by Gasteiger charge is -2.35. The molecule has 0 spiro atoms. The van der Waals surface area contributed by atoms with Gasteiger partial charge in [0.15, 0.2) is 0 Å². The molecule has 0 amide bonds. The summed E-state index contributed by atoms with van der Waals surface area (Å²) in [5.74, 6) is 1.46. The summed E-state index contributed by atoms with van der Waals surface area (Å²) in [6.45, 7) is 8.31. The summed E-state index contributed by atoms with van der Waals surface area (Å²) in [5, 5.41) is 6.87. The predicted octanol–water partition coefficient (Wildman–Crippen LogP) is 1.82. The number of rotatable bonds is 4. The lowest BCUT2D eigenvalue weighted by molar-refractivity contribution is 0.232. The van der Waals surface area contributed by atoms with E-state index in [1.807, 2.05) is 19.9 Å². The average molecular weight is 250 g/mol. The fraction of sp³-hybridized carbons (Fsp3) is 0.692. The molecule has 1 aromatic heterocycles. The predicted molar refractivity (Wildman–Crippen MR) is 71.9 cm³/mol. The van der Waals surface area contributed by atoms with Crippen molar-refractivity contribution < 1.29 is 4.74 Å². The molecular formula is C13H22N4O. The topological polar surface area (TPSA) is 59.1 Å². The third-order valence-corrected chi connectivity index (χ3v) is 3.14. The summed E-state index contributed by atoms with van der Waals surface area (Å²) in [6, 6.07) is 1.87. The molecule has 100 valence electrons. The van der Waals surface area contributed by atoms with Gasteiger partial charge < -0.3 is 15.4 Å². The number of hydrogen-bond acceptors (Lipinski definition) is 5. The smallest absolute Gasteiger partial charge is 0.218 e. The zero-order valence-corrected chi connectivity index (χ0v) is 11.4. The molecule has 0 saturated carbocycles. The van der Waals surface area contributed by atoms with Crippen molar-refractivity contribution in [3.05, 3.63) is 12.4 Å². The summed E-state index contributed by atoms with van der Waals surface area (Å²) in [6.07, 6.45) is 3.86. The van der Waals surface area contributed by atoms with E-state index in [9.17, 15) is 0 Å². The SMILES string of the molecule is CC(C)Oc1cc(NC2(C)CCNCC2)ncn1. The lowest BCUT2D eigenvalue weighted by Crippen LogP contribution is -2.45. The van der Waals surface area contributed by atoms with Gasteiger partial charge in [-0.05, 0) is 46.7 Å². The molecule has 2 heterocycles. The molecule has 1 aliphatic heterocycles. The fourth-order valence-electron chi connectivity index (χ4n) is 2.13. The molecule has 1 saturated heterocycles. The summed E-state index contributed by atoms with van der Waals surface area (Å²) in [5.41, 5.74) is 0.106. The molecule has 18 heavy (non-hydrogen) atoms. The summed E-state index contributed by atoms with van der Waals surface area (Å²) in [7, 11) is 0. The number of ether oxygens (including phenoxy) is 1. The highest BCUT2D eigenvalue weighted by atomic mass is 16.5. The molecule has 0 aliphatic carbocycles. The van der Waals surface area contributed by atoms with E-state index in [1.165, 1.54) is 0 Å². The molecule has 2 N–H and O–H groups in total. The standard InChI is InChI=1S/C13H22N4O/c1-10(2)18-12-8-11(15-9-16-12)17-13(3)4-6-14-7-5-13/h8-10,14H,4-7H2,1-3H3,(H,15,16,17). The van der Waals surface area contributed by atoms with Crippen LogP contribution in [-0.4, -0.2) is 34.7 Å². The monoisotopic (exact) mass is 250 g/mol. The van der Waals surface area contributed by atoms with Crippen LogP contribution in [0, 0.1) is 0 Å². The van der Waals surface area contributed by atoms with E-state index >= 15 is 0 Å². The highest BCUT2D eigenvalue weighted by Crippen LogP contribution is 2.23. The Labute approximate surface area is 108 Å². The van der Waals surface area contributed by atoms with Crippen LogP contribution in [0.1, 0.15) is 33.6 Å². The molecule has 5 heteroatoms. The second kappa shape index (κ2) is 5.52. The Hall–Kier alpha value is -1.36. The van der Waals surface area contributed by atoms with Gasteiger partial charge >= 0.3 is 0 Å². The van der Waals surface area contributed by atoms with Crippen LogP contribution in [-0.2, 0) is 0 Å². The summed E-state index contributed by atoms with van der Waals surface area (Å²) in [4.78, 5) is 8.37. The van der Waals surface area contributed by atoms with Crippen LogP contribution in [0.4, 0.5) is 5.82 Å². The maximum atomic E-state index is 5.57.